The summed E-state index contributed by atoms with van der Waals surface area (Å²) in [6, 6.07) is 5.47. The maximum absolute atomic E-state index is 11.6. The lowest BCUT2D eigenvalue weighted by Crippen LogP contribution is -2.17. The Hall–Kier alpha value is -1.57. The first-order valence-corrected chi connectivity index (χ1v) is 7.41. The van der Waals surface area contributed by atoms with Gasteiger partial charge in [-0.15, -0.1) is 0 Å². The molecule has 1 fully saturated rings. The highest BCUT2D eigenvalue weighted by molar-refractivity contribution is 8.26. The highest BCUT2D eigenvalue weighted by Gasteiger charge is 2.22. The molecule has 7 heteroatoms. The number of methoxy groups -OCH3 is 2. The van der Waals surface area contributed by atoms with Gasteiger partial charge in [-0.25, -0.2) is 0 Å². The fraction of sp³-hybridized carbons (Fsp3) is 0.286. The van der Waals surface area contributed by atoms with Crippen molar-refractivity contribution in [1.29, 1.82) is 0 Å². The quantitative estimate of drug-likeness (QED) is 0.492. The lowest BCUT2D eigenvalue weighted by atomic mass is 10.2. The molecule has 1 aliphatic heterocycles. The third kappa shape index (κ3) is 4.20. The van der Waals surface area contributed by atoms with Crippen molar-refractivity contribution >= 4 is 40.3 Å². The van der Waals surface area contributed by atoms with Crippen molar-refractivity contribution in [2.45, 2.75) is 0 Å². The van der Waals surface area contributed by atoms with Gasteiger partial charge >= 0.3 is 0 Å². The van der Waals surface area contributed by atoms with Crippen LogP contribution in [0.25, 0.3) is 6.08 Å². The first-order chi connectivity index (χ1) is 10.1. The molecule has 1 aromatic rings. The molecule has 1 amide bonds. The van der Waals surface area contributed by atoms with Crippen molar-refractivity contribution < 1.29 is 19.0 Å². The van der Waals surface area contributed by atoms with E-state index in [0.717, 1.165) is 5.56 Å². The fourth-order valence-corrected chi connectivity index (χ4v) is 2.74. The highest BCUT2D eigenvalue weighted by atomic mass is 32.2. The number of nitrogens with one attached hydrogen (secondary N) is 1. The van der Waals surface area contributed by atoms with Crippen LogP contribution in [0.2, 0.25) is 0 Å². The number of rotatable bonds is 6. The van der Waals surface area contributed by atoms with Crippen LogP contribution in [0.15, 0.2) is 23.1 Å². The van der Waals surface area contributed by atoms with Gasteiger partial charge in [-0.3, -0.25) is 4.79 Å². The summed E-state index contributed by atoms with van der Waals surface area (Å²) in [7, 11) is 3.19. The van der Waals surface area contributed by atoms with Gasteiger partial charge in [-0.05, 0) is 23.8 Å². The Kier molecular flexibility index (Phi) is 5.60. The largest absolute Gasteiger partial charge is 0.493 e. The van der Waals surface area contributed by atoms with Gasteiger partial charge in [-0.1, -0.05) is 30.0 Å². The number of thioether (sulfide) groups is 1. The minimum atomic E-state index is -0.176. The summed E-state index contributed by atoms with van der Waals surface area (Å²) in [6.45, 7) is 0.947. The van der Waals surface area contributed by atoms with E-state index in [4.69, 9.17) is 26.4 Å². The first kappa shape index (κ1) is 15.8. The van der Waals surface area contributed by atoms with Crippen LogP contribution in [0.1, 0.15) is 5.56 Å². The van der Waals surface area contributed by atoms with E-state index >= 15 is 0 Å². The van der Waals surface area contributed by atoms with E-state index in [9.17, 15) is 4.79 Å². The van der Waals surface area contributed by atoms with Crippen molar-refractivity contribution in [2.75, 3.05) is 27.4 Å². The summed E-state index contributed by atoms with van der Waals surface area (Å²) in [6.07, 6.45) is 1.76. The highest BCUT2D eigenvalue weighted by Crippen LogP contribution is 2.31. The monoisotopic (exact) mass is 325 g/mol. The molecule has 1 aromatic carbocycles. The molecule has 0 saturated carbocycles. The normalized spacial score (nSPS) is 16.2. The molecule has 1 N–H and O–H groups in total. The number of carbonyl (C=O) groups excluding carboxylic acids is 1. The van der Waals surface area contributed by atoms with Crippen molar-refractivity contribution in [2.24, 2.45) is 0 Å². The molecule has 5 nitrogen and oxygen atoms in total. The third-order valence-corrected chi connectivity index (χ3v) is 3.84. The number of benzene rings is 1. The van der Waals surface area contributed by atoms with Crippen LogP contribution >= 0.6 is 24.0 Å². The Morgan fingerprint density at radius 3 is 2.71 bits per heavy atom. The summed E-state index contributed by atoms with van der Waals surface area (Å²) >= 11 is 6.20. The number of amides is 1. The maximum Gasteiger partial charge on any atom is 0.263 e. The van der Waals surface area contributed by atoms with E-state index in [1.54, 1.807) is 26.4 Å². The van der Waals surface area contributed by atoms with E-state index in [0.29, 0.717) is 33.9 Å². The van der Waals surface area contributed by atoms with E-state index < -0.39 is 0 Å². The zero-order valence-corrected chi connectivity index (χ0v) is 13.3. The summed E-state index contributed by atoms with van der Waals surface area (Å²) in [5, 5.41) is 2.58. The van der Waals surface area contributed by atoms with Crippen LogP contribution in [0.4, 0.5) is 0 Å². The minimum Gasteiger partial charge on any atom is -0.493 e. The molecular weight excluding hydrogens is 310 g/mol. The molecule has 1 saturated heterocycles. The zero-order chi connectivity index (χ0) is 15.2. The molecule has 0 radical (unpaired) electrons. The summed E-state index contributed by atoms with van der Waals surface area (Å²) in [5.41, 5.74) is 0.841. The smallest absolute Gasteiger partial charge is 0.263 e. The second-order valence-corrected chi connectivity index (χ2v) is 5.82. The average Bonchev–Trinajstić information content (AvgIpc) is 2.78. The molecule has 1 aliphatic rings. The van der Waals surface area contributed by atoms with Crippen molar-refractivity contribution in [3.63, 3.8) is 0 Å². The number of hydrogen-bond donors (Lipinski definition) is 1. The molecule has 1 heterocycles. The van der Waals surface area contributed by atoms with Gasteiger partial charge in [0.1, 0.15) is 10.9 Å². The Morgan fingerprint density at radius 1 is 1.29 bits per heavy atom. The Labute approximate surface area is 132 Å². The Bertz CT molecular complexity index is 586. The van der Waals surface area contributed by atoms with Crippen molar-refractivity contribution in [1.82, 2.24) is 5.32 Å². The molecule has 0 atom stereocenters. The molecule has 0 bridgehead atoms. The van der Waals surface area contributed by atoms with Gasteiger partial charge in [0.05, 0.1) is 18.6 Å². The summed E-state index contributed by atoms with van der Waals surface area (Å²) in [4.78, 5) is 12.2. The van der Waals surface area contributed by atoms with Gasteiger partial charge in [0.2, 0.25) is 0 Å². The predicted molar refractivity (Wildman–Crippen MR) is 86.7 cm³/mol. The second-order valence-electron chi connectivity index (χ2n) is 4.10. The number of hydrogen-bond acceptors (Lipinski definition) is 6. The third-order valence-electron chi connectivity index (χ3n) is 2.67. The van der Waals surface area contributed by atoms with Crippen LogP contribution in [0.5, 0.6) is 11.5 Å². The zero-order valence-electron chi connectivity index (χ0n) is 11.7. The first-order valence-electron chi connectivity index (χ1n) is 6.18. The number of thiocarbonyl (C=S) groups is 1. The fourth-order valence-electron chi connectivity index (χ4n) is 1.70. The standard InChI is InChI=1S/C14H15NO4S2/c1-17-5-6-19-10-4-3-9(7-11(10)18-2)8-12-13(16)15-14(20)21-12/h3-4,7-8H,5-6H2,1-2H3,(H,15,16,20)/b12-8-. The maximum atomic E-state index is 11.6. The van der Waals surface area contributed by atoms with Crippen LogP contribution in [-0.4, -0.2) is 37.7 Å². The number of carbonyl (C=O) groups is 1. The lowest BCUT2D eigenvalue weighted by molar-refractivity contribution is -0.115. The van der Waals surface area contributed by atoms with E-state index in [1.807, 2.05) is 12.1 Å². The molecule has 0 unspecified atom stereocenters. The van der Waals surface area contributed by atoms with Gasteiger partial charge in [0.25, 0.3) is 5.91 Å². The predicted octanol–water partition coefficient (Wildman–Crippen LogP) is 2.21. The van der Waals surface area contributed by atoms with Gasteiger partial charge in [-0.2, -0.15) is 0 Å². The second kappa shape index (κ2) is 7.44. The Balaban J connectivity index is 2.17. The molecule has 0 aliphatic carbocycles. The Morgan fingerprint density at radius 2 is 2.10 bits per heavy atom. The summed E-state index contributed by atoms with van der Waals surface area (Å²) < 4.78 is 16.3. The van der Waals surface area contributed by atoms with Crippen LogP contribution in [0, 0.1) is 0 Å². The minimum absolute atomic E-state index is 0.176. The van der Waals surface area contributed by atoms with Crippen LogP contribution in [-0.2, 0) is 9.53 Å². The van der Waals surface area contributed by atoms with E-state index in [-0.39, 0.29) is 5.91 Å². The van der Waals surface area contributed by atoms with Gasteiger partial charge in [0.15, 0.2) is 11.5 Å². The van der Waals surface area contributed by atoms with E-state index in [2.05, 4.69) is 5.32 Å². The SMILES string of the molecule is COCCOc1ccc(/C=C2\SC(=S)NC2=O)cc1OC. The van der Waals surface area contributed by atoms with Crippen molar-refractivity contribution in [3.8, 4) is 11.5 Å². The van der Waals surface area contributed by atoms with Crippen LogP contribution in [0.3, 0.4) is 0 Å². The molecule has 112 valence electrons. The molecule has 21 heavy (non-hydrogen) atoms. The molecular formula is C14H15NO4S2. The molecule has 0 spiro atoms. The lowest BCUT2D eigenvalue weighted by Gasteiger charge is -2.11. The van der Waals surface area contributed by atoms with Crippen molar-refractivity contribution in [3.05, 3.63) is 28.7 Å². The number of ether oxygens (including phenoxy) is 3. The van der Waals surface area contributed by atoms with Gasteiger partial charge in [0, 0.05) is 7.11 Å². The van der Waals surface area contributed by atoms with Gasteiger partial charge < -0.3 is 19.5 Å². The molecule has 2 rings (SSSR count). The summed E-state index contributed by atoms with van der Waals surface area (Å²) in [5.74, 6) is 1.06. The van der Waals surface area contributed by atoms with Crippen LogP contribution < -0.4 is 14.8 Å². The van der Waals surface area contributed by atoms with E-state index in [1.165, 1.54) is 11.8 Å². The average molecular weight is 325 g/mol. The topological polar surface area (TPSA) is 56.8 Å². The molecule has 0 aromatic heterocycles.